The van der Waals surface area contributed by atoms with Gasteiger partial charge < -0.3 is 0 Å². The summed E-state index contributed by atoms with van der Waals surface area (Å²) in [5.74, 6) is 0. The lowest BCUT2D eigenvalue weighted by atomic mass is 10.4. The van der Waals surface area contributed by atoms with E-state index in [1.807, 2.05) is 0 Å². The fourth-order valence-electron chi connectivity index (χ4n) is 0.498. The quantitative estimate of drug-likeness (QED) is 0.479. The molecule has 0 aliphatic rings. The first kappa shape index (κ1) is 7.39. The van der Waals surface area contributed by atoms with E-state index in [4.69, 9.17) is 0 Å². The highest BCUT2D eigenvalue weighted by molar-refractivity contribution is 14.1. The number of hydrogen-bond donors (Lipinski definition) is 1. The van der Waals surface area contributed by atoms with Crippen LogP contribution in [0.5, 0.6) is 0 Å². The van der Waals surface area contributed by atoms with Crippen molar-refractivity contribution in [1.29, 1.82) is 0 Å². The zero-order chi connectivity index (χ0) is 7.56. The molecule has 0 spiro atoms. The third-order valence-electron chi connectivity index (χ3n) is 0.926. The van der Waals surface area contributed by atoms with E-state index < -0.39 is 0 Å². The van der Waals surface area contributed by atoms with Crippen molar-refractivity contribution in [1.82, 2.24) is 10.2 Å². The lowest BCUT2D eigenvalue weighted by Gasteiger charge is -1.76. The van der Waals surface area contributed by atoms with Gasteiger partial charge in [-0.2, -0.15) is 5.10 Å². The Hall–Kier alpha value is -0.720. The van der Waals surface area contributed by atoms with Crippen LogP contribution >= 0.6 is 22.6 Å². The SMILES string of the molecule is O=Cc1cc(C(=O)I)n[nH]1. The molecule has 52 valence electrons. The van der Waals surface area contributed by atoms with Gasteiger partial charge in [-0.3, -0.25) is 14.7 Å². The van der Waals surface area contributed by atoms with E-state index in [1.165, 1.54) is 6.07 Å². The highest BCUT2D eigenvalue weighted by atomic mass is 127. The Labute approximate surface area is 70.1 Å². The van der Waals surface area contributed by atoms with E-state index in [1.54, 1.807) is 22.6 Å². The molecule has 1 heterocycles. The van der Waals surface area contributed by atoms with Crippen molar-refractivity contribution in [3.05, 3.63) is 17.5 Å². The number of rotatable bonds is 2. The Morgan fingerprint density at radius 1 is 1.80 bits per heavy atom. The molecule has 0 radical (unpaired) electrons. The fraction of sp³-hybridized carbons (Fsp3) is 0. The molecule has 0 saturated carbocycles. The van der Waals surface area contributed by atoms with Crippen LogP contribution in [-0.2, 0) is 0 Å². The maximum absolute atomic E-state index is 10.6. The molecule has 10 heavy (non-hydrogen) atoms. The van der Waals surface area contributed by atoms with Crippen LogP contribution in [0.15, 0.2) is 6.07 Å². The number of hydrogen-bond acceptors (Lipinski definition) is 3. The van der Waals surface area contributed by atoms with Crippen LogP contribution in [-0.4, -0.2) is 20.3 Å². The number of H-pyrrole nitrogens is 1. The smallest absolute Gasteiger partial charge is 0.242 e. The third kappa shape index (κ3) is 1.41. The fourth-order valence-corrected chi connectivity index (χ4v) is 0.774. The third-order valence-corrected chi connectivity index (χ3v) is 1.48. The summed E-state index contributed by atoms with van der Waals surface area (Å²) in [6, 6.07) is 1.40. The van der Waals surface area contributed by atoms with Gasteiger partial charge in [0.05, 0.1) is 5.69 Å². The van der Waals surface area contributed by atoms with Crippen molar-refractivity contribution in [2.45, 2.75) is 0 Å². The molecule has 5 heteroatoms. The van der Waals surface area contributed by atoms with Crippen LogP contribution in [0.2, 0.25) is 0 Å². The van der Waals surface area contributed by atoms with E-state index in [0.717, 1.165) is 0 Å². The second-order valence-electron chi connectivity index (χ2n) is 1.60. The van der Waals surface area contributed by atoms with Gasteiger partial charge in [0.2, 0.25) is 3.79 Å². The molecule has 1 aromatic rings. The lowest BCUT2D eigenvalue weighted by Crippen LogP contribution is -1.85. The van der Waals surface area contributed by atoms with E-state index in [0.29, 0.717) is 12.0 Å². The van der Waals surface area contributed by atoms with E-state index in [-0.39, 0.29) is 9.48 Å². The average molecular weight is 250 g/mol. The standard InChI is InChI=1S/C5H3IN2O2/c6-5(10)4-1-3(2-9)7-8-4/h1-2H,(H,7,8). The summed E-state index contributed by atoms with van der Waals surface area (Å²) in [5.41, 5.74) is 0.600. The van der Waals surface area contributed by atoms with Gasteiger partial charge in [0.25, 0.3) is 0 Å². The number of nitrogens with zero attached hydrogens (tertiary/aromatic N) is 1. The first-order valence-corrected chi connectivity index (χ1v) is 3.52. The maximum atomic E-state index is 10.6. The summed E-state index contributed by atoms with van der Waals surface area (Å²) in [5, 5.41) is 5.97. The normalized spacial score (nSPS) is 9.30. The second kappa shape index (κ2) is 2.91. The lowest BCUT2D eigenvalue weighted by molar-refractivity contribution is 0.110. The minimum atomic E-state index is -0.179. The number of aldehydes is 1. The van der Waals surface area contributed by atoms with Gasteiger partial charge >= 0.3 is 0 Å². The molecule has 0 unspecified atom stereocenters. The zero-order valence-corrected chi connectivity index (χ0v) is 6.95. The number of nitrogens with one attached hydrogen (secondary N) is 1. The summed E-state index contributed by atoms with van der Waals surface area (Å²) in [4.78, 5) is 20.6. The number of halogens is 1. The van der Waals surface area contributed by atoms with Crippen LogP contribution in [0.25, 0.3) is 0 Å². The Balaban J connectivity index is 2.98. The predicted molar refractivity (Wildman–Crippen MR) is 42.3 cm³/mol. The summed E-state index contributed by atoms with van der Waals surface area (Å²) in [6.45, 7) is 0. The average Bonchev–Trinajstić information content (AvgIpc) is 2.34. The van der Waals surface area contributed by atoms with Gasteiger partial charge in [-0.15, -0.1) is 0 Å². The van der Waals surface area contributed by atoms with Crippen LogP contribution in [0.4, 0.5) is 0 Å². The van der Waals surface area contributed by atoms with Crippen molar-refractivity contribution in [3.63, 3.8) is 0 Å². The molecule has 1 rings (SSSR count). The van der Waals surface area contributed by atoms with Gasteiger partial charge in [-0.25, -0.2) is 0 Å². The van der Waals surface area contributed by atoms with Crippen molar-refractivity contribution in [3.8, 4) is 0 Å². The van der Waals surface area contributed by atoms with Crippen LogP contribution in [0.3, 0.4) is 0 Å². The number of carbonyl (C=O) groups excluding carboxylic acids is 2. The Morgan fingerprint density at radius 2 is 2.50 bits per heavy atom. The van der Waals surface area contributed by atoms with Crippen molar-refractivity contribution >= 4 is 32.7 Å². The molecule has 0 aromatic carbocycles. The molecule has 0 aliphatic heterocycles. The predicted octanol–water partition coefficient (Wildman–Crippen LogP) is 0.797. The highest BCUT2D eigenvalue weighted by Crippen LogP contribution is 2.02. The van der Waals surface area contributed by atoms with Gasteiger partial charge in [0, 0.05) is 22.6 Å². The molecule has 1 aromatic heterocycles. The molecular weight excluding hydrogens is 247 g/mol. The second-order valence-corrected chi connectivity index (χ2v) is 2.58. The monoisotopic (exact) mass is 250 g/mol. The summed E-state index contributed by atoms with van der Waals surface area (Å²) in [7, 11) is 0. The first-order valence-electron chi connectivity index (χ1n) is 2.44. The Bertz CT molecular complexity index is 268. The molecule has 4 nitrogen and oxygen atoms in total. The topological polar surface area (TPSA) is 62.8 Å². The molecule has 0 atom stereocenters. The summed E-state index contributed by atoms with van der Waals surface area (Å²) in [6.07, 6.45) is 0.607. The zero-order valence-electron chi connectivity index (χ0n) is 4.80. The van der Waals surface area contributed by atoms with Crippen molar-refractivity contribution in [2.24, 2.45) is 0 Å². The van der Waals surface area contributed by atoms with E-state index in [9.17, 15) is 9.59 Å². The molecular formula is C5H3IN2O2. The Morgan fingerprint density at radius 3 is 2.80 bits per heavy atom. The minimum absolute atomic E-state index is 0.179. The number of aromatic amines is 1. The Kier molecular flexibility index (Phi) is 2.15. The largest absolute Gasteiger partial charge is 0.296 e. The first-order chi connectivity index (χ1) is 4.74. The molecule has 1 N–H and O–H groups in total. The van der Waals surface area contributed by atoms with Gasteiger partial charge in [-0.05, 0) is 6.07 Å². The van der Waals surface area contributed by atoms with Crippen molar-refractivity contribution in [2.75, 3.05) is 0 Å². The van der Waals surface area contributed by atoms with Crippen LogP contribution in [0.1, 0.15) is 21.0 Å². The van der Waals surface area contributed by atoms with Gasteiger partial charge in [0.1, 0.15) is 5.69 Å². The maximum Gasteiger partial charge on any atom is 0.242 e. The molecule has 0 aliphatic carbocycles. The highest BCUT2D eigenvalue weighted by Gasteiger charge is 2.04. The van der Waals surface area contributed by atoms with Crippen LogP contribution < -0.4 is 0 Å². The molecule has 0 bridgehead atoms. The minimum Gasteiger partial charge on any atom is -0.296 e. The van der Waals surface area contributed by atoms with E-state index >= 15 is 0 Å². The van der Waals surface area contributed by atoms with E-state index in [2.05, 4.69) is 10.2 Å². The number of carbonyl (C=O) groups is 2. The van der Waals surface area contributed by atoms with Gasteiger partial charge in [-0.1, -0.05) is 0 Å². The molecule has 0 fully saturated rings. The summed E-state index contributed by atoms with van der Waals surface area (Å²) < 4.78 is -0.179. The van der Waals surface area contributed by atoms with Crippen molar-refractivity contribution < 1.29 is 9.59 Å². The molecule has 0 amide bonds. The summed E-state index contributed by atoms with van der Waals surface area (Å²) >= 11 is 1.60. The number of aromatic nitrogens is 2. The van der Waals surface area contributed by atoms with Gasteiger partial charge in [0.15, 0.2) is 6.29 Å². The van der Waals surface area contributed by atoms with Crippen LogP contribution in [0, 0.1) is 0 Å². The molecule has 0 saturated heterocycles.